The van der Waals surface area contributed by atoms with Gasteiger partial charge in [0.05, 0.1) is 5.57 Å². The van der Waals surface area contributed by atoms with Crippen LogP contribution in [0.3, 0.4) is 0 Å². The van der Waals surface area contributed by atoms with Crippen molar-refractivity contribution in [3.8, 4) is 0 Å². The summed E-state index contributed by atoms with van der Waals surface area (Å²) in [5.74, 6) is -0.281. The number of allylic oxidation sites excluding steroid dienone is 3. The van der Waals surface area contributed by atoms with Crippen LogP contribution in [0.25, 0.3) is 5.57 Å². The zero-order valence-electron chi connectivity index (χ0n) is 21.0. The number of rotatable bonds is 11. The highest BCUT2D eigenvalue weighted by molar-refractivity contribution is 5.99. The molecular formula is C28H32F5N3. The molecule has 0 aliphatic heterocycles. The maximum Gasteiger partial charge on any atom is 0.417 e. The van der Waals surface area contributed by atoms with Gasteiger partial charge < -0.3 is 0 Å². The van der Waals surface area contributed by atoms with Crippen LogP contribution in [-0.4, -0.2) is 36.3 Å². The van der Waals surface area contributed by atoms with E-state index in [1.165, 1.54) is 12.3 Å². The third-order valence-electron chi connectivity index (χ3n) is 5.89. The van der Waals surface area contributed by atoms with Crippen molar-refractivity contribution in [1.82, 2.24) is 4.98 Å². The molecular weight excluding hydrogens is 473 g/mol. The number of halogens is 5. The van der Waals surface area contributed by atoms with Gasteiger partial charge in [0.2, 0.25) is 5.95 Å². The minimum Gasteiger partial charge on any atom is -0.293 e. The molecule has 1 aromatic carbocycles. The quantitative estimate of drug-likeness (QED) is 0.132. The van der Waals surface area contributed by atoms with Crippen molar-refractivity contribution in [2.75, 3.05) is 13.2 Å². The standard InChI is InChI=1S/C28H32F5N3/c1-5-19(2)26(18-35-21(4)23-9-11-27(30)36-16-23)25-10-8-22(15-20(25)3)7-6-14-34-17-24(12-13-29)28(31,32)33/h8-12,15-19H,5-7,13-14H2,1-4H3/b24-12+,26-18+,34-17?,35-21?. The number of aryl methyl sites for hydroxylation is 2. The summed E-state index contributed by atoms with van der Waals surface area (Å²) < 4.78 is 63.7. The van der Waals surface area contributed by atoms with Crippen molar-refractivity contribution < 1.29 is 22.0 Å². The molecule has 0 saturated heterocycles. The Hall–Kier alpha value is -3.16. The lowest BCUT2D eigenvalue weighted by molar-refractivity contribution is -0.0859. The molecule has 0 saturated carbocycles. The van der Waals surface area contributed by atoms with Crippen molar-refractivity contribution in [2.45, 2.75) is 53.1 Å². The lowest BCUT2D eigenvalue weighted by Gasteiger charge is -2.17. The van der Waals surface area contributed by atoms with Gasteiger partial charge in [-0.15, -0.1) is 0 Å². The molecule has 2 aromatic rings. The molecule has 0 aliphatic carbocycles. The van der Waals surface area contributed by atoms with E-state index < -0.39 is 24.4 Å². The van der Waals surface area contributed by atoms with Gasteiger partial charge in [-0.2, -0.15) is 17.6 Å². The van der Waals surface area contributed by atoms with E-state index >= 15 is 0 Å². The van der Waals surface area contributed by atoms with E-state index in [1.54, 1.807) is 6.07 Å². The summed E-state index contributed by atoms with van der Waals surface area (Å²) >= 11 is 0. The van der Waals surface area contributed by atoms with Crippen LogP contribution in [-0.2, 0) is 6.42 Å². The Labute approximate surface area is 209 Å². The van der Waals surface area contributed by atoms with Crippen LogP contribution in [0.15, 0.2) is 64.4 Å². The first-order chi connectivity index (χ1) is 17.1. The molecule has 1 heterocycles. The highest BCUT2D eigenvalue weighted by Crippen LogP contribution is 2.29. The summed E-state index contributed by atoms with van der Waals surface area (Å²) in [6.45, 7) is 7.14. The molecule has 0 radical (unpaired) electrons. The van der Waals surface area contributed by atoms with E-state index in [4.69, 9.17) is 0 Å². The molecule has 0 fully saturated rings. The normalized spacial score (nSPS) is 14.5. The first-order valence-corrected chi connectivity index (χ1v) is 11.9. The van der Waals surface area contributed by atoms with Gasteiger partial charge in [0, 0.05) is 36.4 Å². The zero-order valence-corrected chi connectivity index (χ0v) is 21.0. The fourth-order valence-corrected chi connectivity index (χ4v) is 3.58. The Morgan fingerprint density at radius 2 is 1.92 bits per heavy atom. The number of benzene rings is 1. The Kier molecular flexibility index (Phi) is 11.1. The van der Waals surface area contributed by atoms with Gasteiger partial charge >= 0.3 is 6.18 Å². The predicted molar refractivity (Wildman–Crippen MR) is 137 cm³/mol. The van der Waals surface area contributed by atoms with Crippen LogP contribution in [0.1, 0.15) is 55.9 Å². The highest BCUT2D eigenvalue weighted by atomic mass is 19.4. The molecule has 1 aromatic heterocycles. The van der Waals surface area contributed by atoms with Crippen molar-refractivity contribution in [1.29, 1.82) is 0 Å². The average Bonchev–Trinajstić information content (AvgIpc) is 2.83. The minimum atomic E-state index is -4.61. The van der Waals surface area contributed by atoms with Crippen LogP contribution < -0.4 is 0 Å². The van der Waals surface area contributed by atoms with E-state index in [2.05, 4.69) is 34.9 Å². The van der Waals surface area contributed by atoms with E-state index in [-0.39, 0.29) is 12.5 Å². The Morgan fingerprint density at radius 1 is 1.17 bits per heavy atom. The number of aliphatic imine (C=N–C) groups is 2. The van der Waals surface area contributed by atoms with Crippen LogP contribution in [0, 0.1) is 18.8 Å². The fourth-order valence-electron chi connectivity index (χ4n) is 3.58. The average molecular weight is 506 g/mol. The number of hydrogen-bond acceptors (Lipinski definition) is 3. The molecule has 1 atom stereocenters. The van der Waals surface area contributed by atoms with Gasteiger partial charge in [0.15, 0.2) is 0 Å². The minimum absolute atomic E-state index is 0.213. The second kappa shape index (κ2) is 13.8. The second-order valence-corrected chi connectivity index (χ2v) is 8.58. The van der Waals surface area contributed by atoms with Crippen LogP contribution in [0.5, 0.6) is 0 Å². The maximum absolute atomic E-state index is 13.1. The molecule has 36 heavy (non-hydrogen) atoms. The van der Waals surface area contributed by atoms with Gasteiger partial charge in [-0.25, -0.2) is 9.37 Å². The molecule has 1 unspecified atom stereocenters. The summed E-state index contributed by atoms with van der Waals surface area (Å²) in [5, 5.41) is 0. The monoisotopic (exact) mass is 505 g/mol. The Morgan fingerprint density at radius 3 is 2.50 bits per heavy atom. The molecule has 194 valence electrons. The Balaban J connectivity index is 2.13. The first-order valence-electron chi connectivity index (χ1n) is 11.9. The number of hydrogen-bond donors (Lipinski definition) is 0. The summed E-state index contributed by atoms with van der Waals surface area (Å²) in [5.41, 5.74) is 4.70. The second-order valence-electron chi connectivity index (χ2n) is 8.58. The molecule has 0 bridgehead atoms. The number of aromatic nitrogens is 1. The van der Waals surface area contributed by atoms with Crippen LogP contribution >= 0.6 is 0 Å². The number of nitrogens with zero attached hydrogens (tertiary/aromatic N) is 3. The molecule has 0 amide bonds. The zero-order chi connectivity index (χ0) is 26.7. The van der Waals surface area contributed by atoms with Crippen molar-refractivity contribution >= 4 is 17.5 Å². The molecule has 0 N–H and O–H groups in total. The SMILES string of the molecule is CCC(C)/C(=C\N=C(C)c1ccc(F)nc1)c1ccc(CCCN=C/C(=C\CF)C(F)(F)F)cc1C. The predicted octanol–water partition coefficient (Wildman–Crippen LogP) is 7.89. The third kappa shape index (κ3) is 8.81. The molecule has 0 aliphatic rings. The molecule has 0 spiro atoms. The lowest BCUT2D eigenvalue weighted by atomic mass is 9.89. The van der Waals surface area contributed by atoms with Crippen molar-refractivity contribution in [3.63, 3.8) is 0 Å². The van der Waals surface area contributed by atoms with Crippen molar-refractivity contribution in [2.24, 2.45) is 15.9 Å². The summed E-state index contributed by atoms with van der Waals surface area (Å²) in [6, 6.07) is 9.07. The van der Waals surface area contributed by atoms with E-state index in [0.29, 0.717) is 25.1 Å². The number of pyridine rings is 1. The van der Waals surface area contributed by atoms with Gasteiger partial charge in [0.25, 0.3) is 0 Å². The smallest absolute Gasteiger partial charge is 0.293 e. The summed E-state index contributed by atoms with van der Waals surface area (Å²) in [7, 11) is 0. The molecule has 8 heteroatoms. The maximum atomic E-state index is 13.1. The summed E-state index contributed by atoms with van der Waals surface area (Å²) in [6.07, 6.45) is 2.03. The van der Waals surface area contributed by atoms with E-state index in [9.17, 15) is 22.0 Å². The van der Waals surface area contributed by atoms with Gasteiger partial charge in [-0.3, -0.25) is 9.98 Å². The van der Waals surface area contributed by atoms with E-state index in [0.717, 1.165) is 40.0 Å². The third-order valence-corrected chi connectivity index (χ3v) is 5.89. The molecule has 2 rings (SSSR count). The van der Waals surface area contributed by atoms with Gasteiger partial charge in [-0.1, -0.05) is 32.0 Å². The topological polar surface area (TPSA) is 37.6 Å². The Bertz CT molecular complexity index is 1110. The summed E-state index contributed by atoms with van der Waals surface area (Å²) in [4.78, 5) is 12.1. The highest BCUT2D eigenvalue weighted by Gasteiger charge is 2.32. The number of alkyl halides is 4. The van der Waals surface area contributed by atoms with E-state index in [1.807, 2.05) is 32.2 Å². The first kappa shape index (κ1) is 29.1. The fraction of sp³-hybridized carbons (Fsp3) is 0.393. The van der Waals surface area contributed by atoms with Gasteiger partial charge in [0.1, 0.15) is 6.67 Å². The van der Waals surface area contributed by atoms with Crippen LogP contribution in [0.4, 0.5) is 22.0 Å². The largest absolute Gasteiger partial charge is 0.417 e. The lowest BCUT2D eigenvalue weighted by Crippen LogP contribution is -2.13. The van der Waals surface area contributed by atoms with Crippen LogP contribution in [0.2, 0.25) is 0 Å². The van der Waals surface area contributed by atoms with Gasteiger partial charge in [-0.05, 0) is 79.5 Å². The van der Waals surface area contributed by atoms with Crippen molar-refractivity contribution in [3.05, 3.63) is 82.6 Å². The molecule has 3 nitrogen and oxygen atoms in total.